The van der Waals surface area contributed by atoms with Crippen LogP contribution in [0.5, 0.6) is 0 Å². The molecular formula is C16H35N5. The van der Waals surface area contributed by atoms with E-state index in [1.807, 2.05) is 0 Å². The molecule has 0 aromatic rings. The van der Waals surface area contributed by atoms with Crippen LogP contribution in [0.3, 0.4) is 0 Å². The van der Waals surface area contributed by atoms with Crippen LogP contribution in [0.2, 0.25) is 0 Å². The zero-order valence-corrected chi connectivity index (χ0v) is 14.0. The lowest BCUT2D eigenvalue weighted by Gasteiger charge is -2.05. The van der Waals surface area contributed by atoms with Gasteiger partial charge in [0.25, 0.3) is 0 Å². The number of unbranched alkanes of at least 4 members (excludes halogenated alkanes) is 8. The van der Waals surface area contributed by atoms with Crippen LogP contribution in [0.4, 0.5) is 0 Å². The molecule has 21 heavy (non-hydrogen) atoms. The summed E-state index contributed by atoms with van der Waals surface area (Å²) >= 11 is 0. The smallest absolute Gasteiger partial charge is 0.195 e. The molecule has 0 unspecified atom stereocenters. The molecular weight excluding hydrogens is 262 g/mol. The second-order valence-electron chi connectivity index (χ2n) is 5.49. The van der Waals surface area contributed by atoms with Crippen LogP contribution in [0.25, 0.3) is 0 Å². The molecule has 0 aliphatic rings. The molecule has 0 atom stereocenters. The molecule has 0 fully saturated rings. The average molecular weight is 297 g/mol. The van der Waals surface area contributed by atoms with E-state index in [0.717, 1.165) is 25.9 Å². The summed E-state index contributed by atoms with van der Waals surface area (Å²) in [6, 6.07) is 0. The molecule has 0 radical (unpaired) electrons. The summed E-state index contributed by atoms with van der Waals surface area (Å²) in [6.45, 7) is 5.94. The van der Waals surface area contributed by atoms with E-state index in [-0.39, 0.29) is 0 Å². The van der Waals surface area contributed by atoms with Gasteiger partial charge in [0.05, 0.1) is 0 Å². The molecule has 0 heterocycles. The van der Waals surface area contributed by atoms with Crippen molar-refractivity contribution in [3.63, 3.8) is 0 Å². The van der Waals surface area contributed by atoms with E-state index in [1.54, 1.807) is 0 Å². The Hall–Kier alpha value is -1.26. The molecule has 5 N–H and O–H groups in total. The number of rotatable bonds is 12. The van der Waals surface area contributed by atoms with Gasteiger partial charge in [-0.15, -0.1) is 0 Å². The summed E-state index contributed by atoms with van der Waals surface area (Å²) in [5, 5.41) is 2.84. The number of nitrogens with two attached hydrogens (primary N) is 2. The monoisotopic (exact) mass is 297 g/mol. The molecule has 5 nitrogen and oxygen atoms in total. The maximum atomic E-state index is 5.77. The van der Waals surface area contributed by atoms with E-state index >= 15 is 0 Å². The maximum absolute atomic E-state index is 5.77. The Kier molecular flexibility index (Phi) is 14.2. The van der Waals surface area contributed by atoms with Gasteiger partial charge >= 0.3 is 0 Å². The van der Waals surface area contributed by atoms with Gasteiger partial charge in [-0.3, -0.25) is 15.3 Å². The van der Waals surface area contributed by atoms with Gasteiger partial charge in [-0.1, -0.05) is 65.2 Å². The van der Waals surface area contributed by atoms with Gasteiger partial charge in [0.15, 0.2) is 11.9 Å². The Morgan fingerprint density at radius 3 is 1.52 bits per heavy atom. The topological polar surface area (TPSA) is 88.8 Å². The molecule has 5 heteroatoms. The van der Waals surface area contributed by atoms with Crippen LogP contribution < -0.4 is 16.8 Å². The van der Waals surface area contributed by atoms with Crippen LogP contribution in [-0.4, -0.2) is 25.0 Å². The first-order valence-electron chi connectivity index (χ1n) is 8.57. The highest BCUT2D eigenvalue weighted by Crippen LogP contribution is 2.04. The van der Waals surface area contributed by atoms with Crippen LogP contribution in [0.1, 0.15) is 78.1 Å². The first kappa shape index (κ1) is 19.7. The number of hydrogen-bond acceptors (Lipinski definition) is 2. The zero-order chi connectivity index (χ0) is 15.8. The van der Waals surface area contributed by atoms with Crippen LogP contribution >= 0.6 is 0 Å². The van der Waals surface area contributed by atoms with E-state index in [2.05, 4.69) is 29.1 Å². The van der Waals surface area contributed by atoms with Crippen molar-refractivity contribution in [2.75, 3.05) is 13.1 Å². The van der Waals surface area contributed by atoms with Gasteiger partial charge in [-0.25, -0.2) is 0 Å². The van der Waals surface area contributed by atoms with Crippen LogP contribution in [0.15, 0.2) is 9.98 Å². The van der Waals surface area contributed by atoms with E-state index in [9.17, 15) is 0 Å². The standard InChI is InChI=1S/C16H35N5/c1-3-5-7-9-10-12-14-20-16(18)21-15(17)19-13-11-8-6-4-2/h3-14H2,1-2H3,(H5,17,18,19,20,21). The second kappa shape index (κ2) is 15.1. The Morgan fingerprint density at radius 2 is 1.05 bits per heavy atom. The zero-order valence-electron chi connectivity index (χ0n) is 14.0. The Balaban J connectivity index is 3.62. The fourth-order valence-electron chi connectivity index (χ4n) is 2.04. The number of guanidine groups is 2. The molecule has 0 saturated heterocycles. The van der Waals surface area contributed by atoms with Crippen molar-refractivity contribution in [3.8, 4) is 0 Å². The van der Waals surface area contributed by atoms with E-state index in [1.165, 1.54) is 51.4 Å². The minimum Gasteiger partial charge on any atom is -0.370 e. The lowest BCUT2D eigenvalue weighted by atomic mass is 10.1. The fraction of sp³-hybridized carbons (Fsp3) is 0.875. The van der Waals surface area contributed by atoms with E-state index in [0.29, 0.717) is 11.9 Å². The van der Waals surface area contributed by atoms with E-state index in [4.69, 9.17) is 11.5 Å². The summed E-state index contributed by atoms with van der Waals surface area (Å²) in [6.07, 6.45) is 12.3. The maximum Gasteiger partial charge on any atom is 0.195 e. The second-order valence-corrected chi connectivity index (χ2v) is 5.49. The van der Waals surface area contributed by atoms with Gasteiger partial charge in [0, 0.05) is 13.1 Å². The predicted molar refractivity (Wildman–Crippen MR) is 93.6 cm³/mol. The van der Waals surface area contributed by atoms with E-state index < -0.39 is 0 Å². The molecule has 0 aliphatic heterocycles. The number of nitrogens with one attached hydrogen (secondary N) is 1. The summed E-state index contributed by atoms with van der Waals surface area (Å²) < 4.78 is 0. The lowest BCUT2D eigenvalue weighted by molar-refractivity contribution is 0.612. The van der Waals surface area contributed by atoms with Crippen molar-refractivity contribution in [2.45, 2.75) is 78.1 Å². The van der Waals surface area contributed by atoms with Crippen molar-refractivity contribution < 1.29 is 0 Å². The quantitative estimate of drug-likeness (QED) is 0.294. The van der Waals surface area contributed by atoms with Gasteiger partial charge in [-0.2, -0.15) is 0 Å². The highest BCUT2D eigenvalue weighted by atomic mass is 15.2. The van der Waals surface area contributed by atoms with Gasteiger partial charge in [0.1, 0.15) is 0 Å². The molecule has 0 aromatic heterocycles. The third-order valence-electron chi connectivity index (χ3n) is 3.34. The largest absolute Gasteiger partial charge is 0.370 e. The first-order chi connectivity index (χ1) is 10.2. The lowest BCUT2D eigenvalue weighted by Crippen LogP contribution is -2.41. The highest BCUT2D eigenvalue weighted by Gasteiger charge is 1.95. The average Bonchev–Trinajstić information content (AvgIpc) is 2.46. The molecule has 124 valence electrons. The summed E-state index contributed by atoms with van der Waals surface area (Å²) in [4.78, 5) is 8.50. The Morgan fingerprint density at radius 1 is 0.667 bits per heavy atom. The van der Waals surface area contributed by atoms with Crippen molar-refractivity contribution in [3.05, 3.63) is 0 Å². The molecule has 0 aliphatic carbocycles. The Labute approximate surface area is 130 Å². The fourth-order valence-corrected chi connectivity index (χ4v) is 2.04. The van der Waals surface area contributed by atoms with Crippen LogP contribution in [0, 0.1) is 0 Å². The third kappa shape index (κ3) is 15.0. The Bertz CT molecular complexity index is 286. The van der Waals surface area contributed by atoms with Gasteiger partial charge in [0.2, 0.25) is 0 Å². The molecule has 0 amide bonds. The highest BCUT2D eigenvalue weighted by molar-refractivity contribution is 5.96. The van der Waals surface area contributed by atoms with Crippen molar-refractivity contribution in [1.29, 1.82) is 0 Å². The normalized spacial score (nSPS) is 12.7. The van der Waals surface area contributed by atoms with Gasteiger partial charge in [-0.05, 0) is 12.8 Å². The summed E-state index contributed by atoms with van der Waals surface area (Å²) in [5.74, 6) is 0.745. The minimum atomic E-state index is 0.371. The molecule has 0 spiro atoms. The molecule has 0 rings (SSSR count). The first-order valence-corrected chi connectivity index (χ1v) is 8.57. The van der Waals surface area contributed by atoms with Gasteiger partial charge < -0.3 is 11.5 Å². The van der Waals surface area contributed by atoms with Crippen LogP contribution in [-0.2, 0) is 0 Å². The molecule has 0 aromatic carbocycles. The molecule has 0 saturated carbocycles. The predicted octanol–water partition coefficient (Wildman–Crippen LogP) is 3.15. The SMILES string of the molecule is CCCCCCCCN=C(N)NC(N)=NCCCCCC. The summed E-state index contributed by atoms with van der Waals surface area (Å²) in [5.41, 5.74) is 11.5. The van der Waals surface area contributed by atoms with Crippen molar-refractivity contribution in [2.24, 2.45) is 21.5 Å². The van der Waals surface area contributed by atoms with Crippen molar-refractivity contribution in [1.82, 2.24) is 5.32 Å². The minimum absolute atomic E-state index is 0.371. The summed E-state index contributed by atoms with van der Waals surface area (Å²) in [7, 11) is 0. The molecule has 0 bridgehead atoms. The number of aliphatic imine (C=N–C) groups is 2. The number of nitrogens with zero attached hydrogens (tertiary/aromatic N) is 2. The number of hydrogen-bond donors (Lipinski definition) is 3. The third-order valence-corrected chi connectivity index (χ3v) is 3.34. The van der Waals surface area contributed by atoms with Crippen molar-refractivity contribution >= 4 is 11.9 Å².